The Morgan fingerprint density at radius 3 is 3.14 bits per heavy atom. The first-order valence-corrected chi connectivity index (χ1v) is 4.39. The van der Waals surface area contributed by atoms with E-state index < -0.39 is 18.0 Å². The molecule has 0 spiro atoms. The molecule has 2 heterocycles. The first-order chi connectivity index (χ1) is 6.68. The molecule has 1 aliphatic heterocycles. The predicted octanol–water partition coefficient (Wildman–Crippen LogP) is -0.0227. The lowest BCUT2D eigenvalue weighted by Crippen LogP contribution is -2.17. The summed E-state index contributed by atoms with van der Waals surface area (Å²) in [6, 6.07) is 0. The van der Waals surface area contributed by atoms with Gasteiger partial charge in [-0.25, -0.2) is 0 Å². The first kappa shape index (κ1) is 9.14. The van der Waals surface area contributed by atoms with Crippen LogP contribution >= 0.6 is 0 Å². The molecule has 0 bridgehead atoms. The summed E-state index contributed by atoms with van der Waals surface area (Å²) in [6.07, 6.45) is 1.78. The summed E-state index contributed by atoms with van der Waals surface area (Å²) in [4.78, 5) is 10.9. The topological polar surface area (TPSA) is 77.2 Å². The molecule has 1 aromatic rings. The van der Waals surface area contributed by atoms with Crippen molar-refractivity contribution in [3.63, 3.8) is 0 Å². The zero-order valence-corrected chi connectivity index (χ0v) is 7.75. The molecule has 1 fully saturated rings. The summed E-state index contributed by atoms with van der Waals surface area (Å²) in [7, 11) is 1.74. The number of hydrogen-bond acceptors (Lipinski definition) is 4. The minimum absolute atomic E-state index is 0.443. The van der Waals surface area contributed by atoms with Crippen LogP contribution in [0.2, 0.25) is 0 Å². The average Bonchev–Trinajstić information content (AvgIpc) is 2.70. The molecule has 6 heteroatoms. The Labute approximate surface area is 80.5 Å². The third-order valence-electron chi connectivity index (χ3n) is 2.32. The van der Waals surface area contributed by atoms with E-state index in [1.807, 2.05) is 0 Å². The van der Waals surface area contributed by atoms with Crippen molar-refractivity contribution >= 4 is 5.97 Å². The Bertz CT molecular complexity index is 349. The van der Waals surface area contributed by atoms with Crippen molar-refractivity contribution < 1.29 is 14.6 Å². The van der Waals surface area contributed by atoms with E-state index in [-0.39, 0.29) is 0 Å². The Balaban J connectivity index is 2.21. The third-order valence-corrected chi connectivity index (χ3v) is 2.32. The van der Waals surface area contributed by atoms with Crippen LogP contribution in [0.3, 0.4) is 0 Å². The van der Waals surface area contributed by atoms with Gasteiger partial charge in [-0.1, -0.05) is 5.21 Å². The SMILES string of the molecule is Cn1cc(C2OCCC2C(=O)O)nn1. The average molecular weight is 197 g/mol. The van der Waals surface area contributed by atoms with Gasteiger partial charge in [0, 0.05) is 13.7 Å². The van der Waals surface area contributed by atoms with Crippen LogP contribution in [0.15, 0.2) is 6.20 Å². The smallest absolute Gasteiger partial charge is 0.309 e. The third kappa shape index (κ3) is 1.48. The van der Waals surface area contributed by atoms with Crippen molar-refractivity contribution in [2.24, 2.45) is 13.0 Å². The number of aliphatic carboxylic acids is 1. The lowest BCUT2D eigenvalue weighted by atomic mass is 10.00. The van der Waals surface area contributed by atoms with E-state index in [4.69, 9.17) is 9.84 Å². The van der Waals surface area contributed by atoms with Crippen LogP contribution in [-0.2, 0) is 16.6 Å². The van der Waals surface area contributed by atoms with Gasteiger partial charge >= 0.3 is 5.97 Å². The van der Waals surface area contributed by atoms with Crippen LogP contribution < -0.4 is 0 Å². The number of carbonyl (C=O) groups is 1. The summed E-state index contributed by atoms with van der Waals surface area (Å²) < 4.78 is 6.87. The summed E-state index contributed by atoms with van der Waals surface area (Å²) in [5, 5.41) is 16.5. The van der Waals surface area contributed by atoms with Crippen LogP contribution in [0.5, 0.6) is 0 Å². The second-order valence-corrected chi connectivity index (χ2v) is 3.34. The van der Waals surface area contributed by atoms with Gasteiger partial charge in [0.2, 0.25) is 0 Å². The lowest BCUT2D eigenvalue weighted by Gasteiger charge is -2.10. The molecule has 14 heavy (non-hydrogen) atoms. The standard InChI is InChI=1S/C8H11N3O3/c1-11-4-6(9-10-11)7-5(8(12)13)2-3-14-7/h4-5,7H,2-3H2,1H3,(H,12,13). The van der Waals surface area contributed by atoms with Crippen molar-refractivity contribution in [2.45, 2.75) is 12.5 Å². The molecule has 76 valence electrons. The highest BCUT2D eigenvalue weighted by molar-refractivity contribution is 5.71. The normalized spacial score (nSPS) is 26.6. The van der Waals surface area contributed by atoms with Crippen LogP contribution in [-0.4, -0.2) is 32.7 Å². The first-order valence-electron chi connectivity index (χ1n) is 4.39. The van der Waals surface area contributed by atoms with Crippen molar-refractivity contribution in [1.29, 1.82) is 0 Å². The second-order valence-electron chi connectivity index (χ2n) is 3.34. The monoisotopic (exact) mass is 197 g/mol. The number of nitrogens with zero attached hydrogens (tertiary/aromatic N) is 3. The molecule has 2 atom stereocenters. The van der Waals surface area contributed by atoms with Crippen molar-refractivity contribution in [2.75, 3.05) is 6.61 Å². The maximum atomic E-state index is 10.9. The van der Waals surface area contributed by atoms with Gasteiger partial charge in [-0.05, 0) is 6.42 Å². The van der Waals surface area contributed by atoms with Crippen LogP contribution in [0.4, 0.5) is 0 Å². The molecule has 1 N–H and O–H groups in total. The van der Waals surface area contributed by atoms with Gasteiger partial charge in [0.05, 0.1) is 12.1 Å². The highest BCUT2D eigenvalue weighted by atomic mass is 16.5. The summed E-state index contributed by atoms with van der Waals surface area (Å²) >= 11 is 0. The fourth-order valence-electron chi connectivity index (χ4n) is 1.63. The van der Waals surface area contributed by atoms with Gasteiger partial charge in [0.1, 0.15) is 11.8 Å². The minimum Gasteiger partial charge on any atom is -0.481 e. The molecule has 0 saturated carbocycles. The maximum Gasteiger partial charge on any atom is 0.309 e. The lowest BCUT2D eigenvalue weighted by molar-refractivity contribution is -0.143. The van der Waals surface area contributed by atoms with Gasteiger partial charge in [0.15, 0.2) is 0 Å². The molecule has 1 saturated heterocycles. The molecule has 0 aliphatic carbocycles. The van der Waals surface area contributed by atoms with Gasteiger partial charge in [0.25, 0.3) is 0 Å². The number of ether oxygens (including phenoxy) is 1. The second kappa shape index (κ2) is 3.38. The summed E-state index contributed by atoms with van der Waals surface area (Å²) in [6.45, 7) is 0.470. The van der Waals surface area contributed by atoms with Gasteiger partial charge < -0.3 is 9.84 Å². The number of aromatic nitrogens is 3. The number of carboxylic acids is 1. The Kier molecular flexibility index (Phi) is 2.20. The fraction of sp³-hybridized carbons (Fsp3) is 0.625. The predicted molar refractivity (Wildman–Crippen MR) is 45.4 cm³/mol. The van der Waals surface area contributed by atoms with Gasteiger partial charge in [-0.3, -0.25) is 9.48 Å². The molecule has 0 aromatic carbocycles. The minimum atomic E-state index is -0.835. The molecule has 0 amide bonds. The van der Waals surface area contributed by atoms with Crippen molar-refractivity contribution in [1.82, 2.24) is 15.0 Å². The van der Waals surface area contributed by atoms with Gasteiger partial charge in [-0.15, -0.1) is 5.10 Å². The molecule has 1 aromatic heterocycles. The van der Waals surface area contributed by atoms with E-state index >= 15 is 0 Å². The van der Waals surface area contributed by atoms with E-state index in [1.54, 1.807) is 13.2 Å². The molecular formula is C8H11N3O3. The molecule has 2 rings (SSSR count). The van der Waals surface area contributed by atoms with E-state index in [2.05, 4.69) is 10.3 Å². The van der Waals surface area contributed by atoms with Crippen molar-refractivity contribution in [3.05, 3.63) is 11.9 Å². The Morgan fingerprint density at radius 2 is 2.57 bits per heavy atom. The number of carboxylic acid groups (broad SMARTS) is 1. The highest BCUT2D eigenvalue weighted by Crippen LogP contribution is 2.33. The zero-order chi connectivity index (χ0) is 10.1. The van der Waals surface area contributed by atoms with E-state index in [0.717, 1.165) is 0 Å². The molecule has 6 nitrogen and oxygen atoms in total. The van der Waals surface area contributed by atoms with Crippen LogP contribution in [0, 0.1) is 5.92 Å². The molecule has 0 radical (unpaired) electrons. The summed E-state index contributed by atoms with van der Waals surface area (Å²) in [5.41, 5.74) is 0.595. The zero-order valence-electron chi connectivity index (χ0n) is 7.75. The van der Waals surface area contributed by atoms with Crippen LogP contribution in [0.25, 0.3) is 0 Å². The number of rotatable bonds is 2. The van der Waals surface area contributed by atoms with E-state index in [1.165, 1.54) is 4.68 Å². The maximum absolute atomic E-state index is 10.9. The van der Waals surface area contributed by atoms with Crippen LogP contribution in [0.1, 0.15) is 18.2 Å². The number of hydrogen-bond donors (Lipinski definition) is 1. The quantitative estimate of drug-likeness (QED) is 0.720. The number of aryl methyl sites for hydroxylation is 1. The Morgan fingerprint density at radius 1 is 1.79 bits per heavy atom. The molecule has 1 aliphatic rings. The van der Waals surface area contributed by atoms with Gasteiger partial charge in [-0.2, -0.15) is 0 Å². The largest absolute Gasteiger partial charge is 0.481 e. The highest BCUT2D eigenvalue weighted by Gasteiger charge is 2.36. The summed E-state index contributed by atoms with van der Waals surface area (Å²) in [5.74, 6) is -1.33. The fourth-order valence-corrected chi connectivity index (χ4v) is 1.63. The van der Waals surface area contributed by atoms with E-state index in [0.29, 0.717) is 18.7 Å². The molecular weight excluding hydrogens is 186 g/mol. The van der Waals surface area contributed by atoms with E-state index in [9.17, 15) is 4.79 Å². The Hall–Kier alpha value is -1.43. The van der Waals surface area contributed by atoms with Crippen molar-refractivity contribution in [3.8, 4) is 0 Å². The molecule has 2 unspecified atom stereocenters.